The van der Waals surface area contributed by atoms with E-state index in [1.54, 1.807) is 29.5 Å². The summed E-state index contributed by atoms with van der Waals surface area (Å²) in [5.41, 5.74) is 2.83. The fourth-order valence-corrected chi connectivity index (χ4v) is 3.07. The molecule has 5 aromatic rings. The van der Waals surface area contributed by atoms with Crippen LogP contribution in [0.5, 0.6) is 11.5 Å². The number of rotatable bonds is 2. The van der Waals surface area contributed by atoms with Crippen molar-refractivity contribution in [3.8, 4) is 17.2 Å². The maximum atomic E-state index is 5.97. The summed E-state index contributed by atoms with van der Waals surface area (Å²) >= 11 is 0. The summed E-state index contributed by atoms with van der Waals surface area (Å²) in [6, 6.07) is 7.54. The van der Waals surface area contributed by atoms with Crippen molar-refractivity contribution in [2.24, 2.45) is 0 Å². The maximum Gasteiger partial charge on any atom is 0.468 e. The molecule has 1 N–H and O–H groups in total. The summed E-state index contributed by atoms with van der Waals surface area (Å²) in [5, 5.41) is 7.99. The standard InChI is InChI=1S/C18H11N6O3/c1-2-15-16(7-12(1)24-10-14-17(27-24)20-5-4-19-14)26-18(25-15)23-6-3-11-8-21-22-13(11)9-23/h1-10,18H/q+1/p+1. The molecule has 1 aromatic carbocycles. The summed E-state index contributed by atoms with van der Waals surface area (Å²) in [6.07, 6.45) is 9.95. The number of nitrogens with one attached hydrogen (secondary N) is 1. The molecule has 1 aliphatic heterocycles. The van der Waals surface area contributed by atoms with Gasteiger partial charge in [-0.2, -0.15) is 5.10 Å². The van der Waals surface area contributed by atoms with Crippen LogP contribution in [0.3, 0.4) is 0 Å². The lowest BCUT2D eigenvalue weighted by Crippen LogP contribution is -2.43. The Bertz CT molecular complexity index is 1280. The zero-order valence-electron chi connectivity index (χ0n) is 13.8. The normalized spacial score (nSPS) is 15.6. The monoisotopic (exact) mass is 360 g/mol. The van der Waals surface area contributed by atoms with E-state index < -0.39 is 6.41 Å². The van der Waals surface area contributed by atoms with Crippen molar-refractivity contribution in [2.45, 2.75) is 6.41 Å². The molecule has 1 aliphatic rings. The molecule has 6 rings (SSSR count). The Balaban J connectivity index is 1.34. The number of ether oxygens (including phenoxy) is 2. The third-order valence-corrected chi connectivity index (χ3v) is 4.40. The van der Waals surface area contributed by atoms with Crippen molar-refractivity contribution in [1.82, 2.24) is 20.2 Å². The molecule has 0 amide bonds. The van der Waals surface area contributed by atoms with Crippen molar-refractivity contribution in [1.29, 1.82) is 0 Å². The summed E-state index contributed by atoms with van der Waals surface area (Å²) in [5.74, 6) is 1.29. The summed E-state index contributed by atoms with van der Waals surface area (Å²) in [4.78, 5) is 8.38. The molecule has 130 valence electrons. The van der Waals surface area contributed by atoms with Gasteiger partial charge in [0.15, 0.2) is 17.7 Å². The van der Waals surface area contributed by atoms with Gasteiger partial charge in [0.1, 0.15) is 5.52 Å². The molecule has 9 heteroatoms. The predicted molar refractivity (Wildman–Crippen MR) is 89.9 cm³/mol. The Morgan fingerprint density at radius 3 is 2.89 bits per heavy atom. The van der Waals surface area contributed by atoms with Gasteiger partial charge in [-0.15, -0.1) is 4.57 Å². The van der Waals surface area contributed by atoms with Crippen molar-refractivity contribution < 1.29 is 23.3 Å². The van der Waals surface area contributed by atoms with Crippen molar-refractivity contribution in [3.63, 3.8) is 0 Å². The average molecular weight is 360 g/mol. The van der Waals surface area contributed by atoms with Gasteiger partial charge in [-0.25, -0.2) is 14.5 Å². The number of nitrogens with zero attached hydrogens (tertiary/aromatic N) is 5. The molecule has 27 heavy (non-hydrogen) atoms. The van der Waals surface area contributed by atoms with E-state index in [-0.39, 0.29) is 0 Å². The first-order chi connectivity index (χ1) is 13.3. The highest BCUT2D eigenvalue weighted by molar-refractivity contribution is 5.75. The zero-order chi connectivity index (χ0) is 17.8. The van der Waals surface area contributed by atoms with Gasteiger partial charge in [-0.3, -0.25) is 5.10 Å². The molecule has 0 bridgehead atoms. The highest BCUT2D eigenvalue weighted by Gasteiger charge is 2.33. The molecule has 4 aromatic heterocycles. The molecule has 0 fully saturated rings. The minimum Gasteiger partial charge on any atom is -0.398 e. The van der Waals surface area contributed by atoms with Gasteiger partial charge in [0, 0.05) is 34.7 Å². The number of hydrogen-bond acceptors (Lipinski definition) is 6. The van der Waals surface area contributed by atoms with E-state index >= 15 is 0 Å². The van der Waals surface area contributed by atoms with E-state index in [1.807, 2.05) is 41.2 Å². The van der Waals surface area contributed by atoms with E-state index in [1.165, 1.54) is 0 Å². The number of benzene rings is 1. The van der Waals surface area contributed by atoms with Crippen LogP contribution in [0.25, 0.3) is 27.8 Å². The third kappa shape index (κ3) is 2.21. The minimum atomic E-state index is -0.591. The van der Waals surface area contributed by atoms with Gasteiger partial charge in [-0.1, -0.05) is 0 Å². The van der Waals surface area contributed by atoms with Gasteiger partial charge in [0.2, 0.25) is 11.7 Å². The lowest BCUT2D eigenvalue weighted by Gasteiger charge is -2.03. The Kier molecular flexibility index (Phi) is 2.76. The Morgan fingerprint density at radius 1 is 1.00 bits per heavy atom. The Morgan fingerprint density at radius 2 is 1.93 bits per heavy atom. The van der Waals surface area contributed by atoms with Crippen LogP contribution < -0.4 is 18.8 Å². The van der Waals surface area contributed by atoms with Gasteiger partial charge >= 0.3 is 12.1 Å². The summed E-state index contributed by atoms with van der Waals surface area (Å²) < 4.78 is 21.0. The summed E-state index contributed by atoms with van der Waals surface area (Å²) in [6.45, 7) is 0. The second kappa shape index (κ2) is 5.24. The van der Waals surface area contributed by atoms with E-state index in [4.69, 9.17) is 14.0 Å². The van der Waals surface area contributed by atoms with E-state index in [2.05, 4.69) is 20.2 Å². The van der Waals surface area contributed by atoms with Crippen molar-refractivity contribution in [3.05, 3.63) is 61.4 Å². The molecule has 9 nitrogen and oxygen atoms in total. The predicted octanol–water partition coefficient (Wildman–Crippen LogP) is 1.59. The minimum absolute atomic E-state index is 0.469. The molecule has 0 saturated heterocycles. The number of hydrogen-bond donors (Lipinski definition) is 1. The van der Waals surface area contributed by atoms with Crippen molar-refractivity contribution in [2.75, 3.05) is 0 Å². The first-order valence-electron chi connectivity index (χ1n) is 8.28. The number of pyridine rings is 1. The lowest BCUT2D eigenvalue weighted by molar-refractivity contribution is -0.782. The number of aromatic amines is 1. The molecule has 0 aliphatic carbocycles. The first kappa shape index (κ1) is 14.2. The molecule has 5 heterocycles. The summed E-state index contributed by atoms with van der Waals surface area (Å²) in [7, 11) is 0. The van der Waals surface area contributed by atoms with Crippen LogP contribution in [0.1, 0.15) is 6.41 Å². The first-order valence-corrected chi connectivity index (χ1v) is 8.28. The van der Waals surface area contributed by atoms with Crippen LogP contribution in [-0.2, 0) is 0 Å². The van der Waals surface area contributed by atoms with Crippen LogP contribution in [0, 0.1) is 0 Å². The van der Waals surface area contributed by atoms with Gasteiger partial charge < -0.3 is 9.47 Å². The fourth-order valence-electron chi connectivity index (χ4n) is 3.07. The Hall–Kier alpha value is -4.01. The molecule has 1 unspecified atom stereocenters. The smallest absolute Gasteiger partial charge is 0.398 e. The molecular weight excluding hydrogens is 348 g/mol. The number of aromatic nitrogens is 6. The average Bonchev–Trinajstić information content (AvgIpc) is 3.42. The van der Waals surface area contributed by atoms with E-state index in [0.29, 0.717) is 22.7 Å². The molecule has 1 atom stereocenters. The second-order valence-electron chi connectivity index (χ2n) is 6.10. The maximum absolute atomic E-state index is 5.97. The van der Waals surface area contributed by atoms with Crippen LogP contribution in [0.2, 0.25) is 0 Å². The molecule has 0 radical (unpaired) electrons. The Labute approximate surface area is 151 Å². The van der Waals surface area contributed by atoms with Gasteiger partial charge in [-0.05, 0) is 6.07 Å². The fraction of sp³-hybridized carbons (Fsp3) is 0.0556. The highest BCUT2D eigenvalue weighted by Crippen LogP contribution is 2.37. The topological polar surface area (TPSA) is 93.8 Å². The van der Waals surface area contributed by atoms with E-state index in [9.17, 15) is 0 Å². The highest BCUT2D eigenvalue weighted by atomic mass is 16.7. The van der Waals surface area contributed by atoms with Gasteiger partial charge in [0.05, 0.1) is 12.3 Å². The number of fused-ring (bicyclic) bond motifs is 3. The van der Waals surface area contributed by atoms with Crippen LogP contribution in [0.4, 0.5) is 0 Å². The largest absolute Gasteiger partial charge is 0.468 e. The van der Waals surface area contributed by atoms with Crippen LogP contribution >= 0.6 is 0 Å². The zero-order valence-corrected chi connectivity index (χ0v) is 13.8. The van der Waals surface area contributed by atoms with E-state index in [0.717, 1.165) is 16.6 Å². The van der Waals surface area contributed by atoms with Gasteiger partial charge in [0.25, 0.3) is 11.9 Å². The molecule has 0 saturated carbocycles. The SMILES string of the molecule is c1cnc2o[n+](-c3ccc4c(c3)OC([n+]3ccc5cn[nH]c5c3)O4)cc2n1. The molecule has 0 spiro atoms. The quantitative estimate of drug-likeness (QED) is 0.481. The van der Waals surface area contributed by atoms with Crippen LogP contribution in [0.15, 0.2) is 66.0 Å². The number of H-pyrrole nitrogens is 1. The van der Waals surface area contributed by atoms with Crippen LogP contribution in [-0.4, -0.2) is 20.2 Å². The third-order valence-electron chi connectivity index (χ3n) is 4.40. The second-order valence-corrected chi connectivity index (χ2v) is 6.10. The molecular formula is C18H12N6O3+2. The lowest BCUT2D eigenvalue weighted by atomic mass is 10.3. The van der Waals surface area contributed by atoms with Crippen molar-refractivity contribution >= 4 is 22.1 Å².